The summed E-state index contributed by atoms with van der Waals surface area (Å²) in [6.07, 6.45) is 0. The summed E-state index contributed by atoms with van der Waals surface area (Å²) in [6, 6.07) is 18.4. The van der Waals surface area contributed by atoms with Gasteiger partial charge in [0.05, 0.1) is 17.0 Å². The molecule has 1 amide bonds. The minimum absolute atomic E-state index is 0.0642. The summed E-state index contributed by atoms with van der Waals surface area (Å²) in [5, 5.41) is 12.6. The Morgan fingerprint density at radius 1 is 0.955 bits per heavy atom. The molecule has 0 heterocycles. The first kappa shape index (κ1) is 15.5. The van der Waals surface area contributed by atoms with E-state index < -0.39 is 0 Å². The Labute approximate surface area is 129 Å². The monoisotopic (exact) mass is 294 g/mol. The number of hydrogen-bond acceptors (Lipinski definition) is 3. The number of rotatable bonds is 4. The molecule has 2 aromatic rings. The number of allylic oxidation sites excluding steroid dienone is 1. The van der Waals surface area contributed by atoms with E-state index >= 15 is 0 Å². The number of amides is 1. The van der Waals surface area contributed by atoms with E-state index in [0.717, 1.165) is 5.69 Å². The lowest BCUT2D eigenvalue weighted by Crippen LogP contribution is -2.20. The maximum absolute atomic E-state index is 12.4. The summed E-state index contributed by atoms with van der Waals surface area (Å²) in [5.74, 6) is -0.450. The van der Waals surface area contributed by atoms with Crippen molar-refractivity contribution >= 4 is 23.0 Å². The molecule has 0 radical (unpaired) electrons. The number of benzene rings is 2. The lowest BCUT2D eigenvalue weighted by atomic mass is 10.1. The molecule has 0 saturated carbocycles. The third kappa shape index (κ3) is 4.06. The van der Waals surface area contributed by atoms with E-state index in [2.05, 4.69) is 10.3 Å². The third-order valence-electron chi connectivity index (χ3n) is 3.04. The summed E-state index contributed by atoms with van der Waals surface area (Å²) >= 11 is 0. The highest BCUT2D eigenvalue weighted by atomic mass is 16.3. The Bertz CT molecular complexity index is 700. The molecule has 0 bridgehead atoms. The molecule has 2 aromatic carbocycles. The Balaban J connectivity index is 2.26. The molecule has 0 aliphatic rings. The number of hydrogen-bond donors (Lipinski definition) is 2. The van der Waals surface area contributed by atoms with Crippen LogP contribution in [0.5, 0.6) is 0 Å². The molecule has 0 aromatic heterocycles. The molecule has 0 aliphatic heterocycles. The number of anilines is 1. The van der Waals surface area contributed by atoms with Gasteiger partial charge >= 0.3 is 0 Å². The molecule has 4 nitrogen and oxygen atoms in total. The molecule has 2 rings (SSSR count). The number of nitrogens with one attached hydrogen (secondary N) is 1. The van der Waals surface area contributed by atoms with E-state index in [1.54, 1.807) is 19.1 Å². The average molecular weight is 294 g/mol. The van der Waals surface area contributed by atoms with Gasteiger partial charge in [-0.2, -0.15) is 0 Å². The molecule has 0 atom stereocenters. The second-order valence-electron chi connectivity index (χ2n) is 4.81. The smallest absolute Gasteiger partial charge is 0.260 e. The fraction of sp³-hybridized carbons (Fsp3) is 0.111. The van der Waals surface area contributed by atoms with E-state index in [9.17, 15) is 9.90 Å². The van der Waals surface area contributed by atoms with Gasteiger partial charge in [0.15, 0.2) is 0 Å². The average Bonchev–Trinajstić information content (AvgIpc) is 2.48. The summed E-state index contributed by atoms with van der Waals surface area (Å²) < 4.78 is 0. The van der Waals surface area contributed by atoms with Gasteiger partial charge in [-0.25, -0.2) is 0 Å². The van der Waals surface area contributed by atoms with Gasteiger partial charge in [0.2, 0.25) is 0 Å². The molecule has 0 spiro atoms. The zero-order chi connectivity index (χ0) is 15.9. The van der Waals surface area contributed by atoms with Crippen LogP contribution in [0, 0.1) is 0 Å². The number of aliphatic hydroxyl groups excluding tert-OH is 1. The first-order chi connectivity index (χ1) is 10.6. The van der Waals surface area contributed by atoms with Crippen LogP contribution in [0.4, 0.5) is 11.4 Å². The van der Waals surface area contributed by atoms with Gasteiger partial charge < -0.3 is 10.4 Å². The van der Waals surface area contributed by atoms with Crippen LogP contribution in [0.3, 0.4) is 0 Å². The summed E-state index contributed by atoms with van der Waals surface area (Å²) in [4.78, 5) is 16.8. The van der Waals surface area contributed by atoms with Crippen molar-refractivity contribution in [2.24, 2.45) is 4.99 Å². The van der Waals surface area contributed by atoms with Crippen molar-refractivity contribution in [2.75, 3.05) is 5.32 Å². The van der Waals surface area contributed by atoms with Crippen LogP contribution in [0.15, 0.2) is 77.0 Å². The topological polar surface area (TPSA) is 61.7 Å². The number of nitrogens with zero attached hydrogens (tertiary/aromatic N) is 1. The Morgan fingerprint density at radius 2 is 1.50 bits per heavy atom. The molecule has 2 N–H and O–H groups in total. The number of aliphatic hydroxyl groups is 1. The fourth-order valence-electron chi connectivity index (χ4n) is 2.06. The summed E-state index contributed by atoms with van der Waals surface area (Å²) in [6.45, 7) is 3.18. The molecule has 0 saturated heterocycles. The van der Waals surface area contributed by atoms with Crippen LogP contribution in [-0.2, 0) is 4.79 Å². The first-order valence-corrected chi connectivity index (χ1v) is 6.95. The van der Waals surface area contributed by atoms with Gasteiger partial charge in [0, 0.05) is 5.69 Å². The lowest BCUT2D eigenvalue weighted by molar-refractivity contribution is -0.112. The number of carbonyl (C=O) groups excluding carboxylic acids is 1. The van der Waals surface area contributed by atoms with Crippen LogP contribution in [0.2, 0.25) is 0 Å². The van der Waals surface area contributed by atoms with Gasteiger partial charge in [0.25, 0.3) is 5.91 Å². The van der Waals surface area contributed by atoms with Crippen LogP contribution in [-0.4, -0.2) is 16.7 Å². The van der Waals surface area contributed by atoms with E-state index in [-0.39, 0.29) is 17.2 Å². The normalized spacial score (nSPS) is 12.5. The van der Waals surface area contributed by atoms with Gasteiger partial charge in [-0.1, -0.05) is 36.4 Å². The van der Waals surface area contributed by atoms with Crippen molar-refractivity contribution in [3.63, 3.8) is 0 Å². The standard InChI is InChI=1S/C18H18N2O2/c1-13(19-15-9-5-3-6-10-15)17(14(2)21)18(22)20-16-11-7-4-8-12-16/h3-12,21H,1-2H3,(H,20,22)/b17-14-,19-13?. The Hall–Kier alpha value is -2.88. The number of para-hydroxylation sites is 2. The zero-order valence-corrected chi connectivity index (χ0v) is 12.6. The Kier molecular flexibility index (Phi) is 5.09. The van der Waals surface area contributed by atoms with E-state index in [1.165, 1.54) is 6.92 Å². The SMILES string of the molecule is CC(=Nc1ccccc1)/C(C(=O)Nc1ccccc1)=C(\C)O. The van der Waals surface area contributed by atoms with Crippen molar-refractivity contribution in [3.05, 3.63) is 72.0 Å². The predicted molar refractivity (Wildman–Crippen MR) is 89.6 cm³/mol. The van der Waals surface area contributed by atoms with Crippen molar-refractivity contribution < 1.29 is 9.90 Å². The third-order valence-corrected chi connectivity index (χ3v) is 3.04. The van der Waals surface area contributed by atoms with Crippen molar-refractivity contribution in [2.45, 2.75) is 13.8 Å². The molecule has 0 unspecified atom stereocenters. The molecule has 0 fully saturated rings. The molecular weight excluding hydrogens is 276 g/mol. The second-order valence-corrected chi connectivity index (χ2v) is 4.81. The van der Waals surface area contributed by atoms with Crippen molar-refractivity contribution in [1.82, 2.24) is 0 Å². The first-order valence-electron chi connectivity index (χ1n) is 6.95. The minimum Gasteiger partial charge on any atom is -0.512 e. The fourth-order valence-corrected chi connectivity index (χ4v) is 2.06. The second kappa shape index (κ2) is 7.22. The summed E-state index contributed by atoms with van der Waals surface area (Å²) in [5.41, 5.74) is 2.03. The van der Waals surface area contributed by atoms with Gasteiger partial charge in [-0.15, -0.1) is 0 Å². The molecule has 22 heavy (non-hydrogen) atoms. The lowest BCUT2D eigenvalue weighted by Gasteiger charge is -2.10. The molecule has 4 heteroatoms. The van der Waals surface area contributed by atoms with Gasteiger partial charge in [-0.05, 0) is 38.1 Å². The van der Waals surface area contributed by atoms with Gasteiger partial charge in [-0.3, -0.25) is 9.79 Å². The van der Waals surface area contributed by atoms with Crippen LogP contribution in [0.1, 0.15) is 13.8 Å². The largest absolute Gasteiger partial charge is 0.512 e. The van der Waals surface area contributed by atoms with Crippen LogP contribution >= 0.6 is 0 Å². The van der Waals surface area contributed by atoms with Crippen LogP contribution < -0.4 is 5.32 Å². The highest BCUT2D eigenvalue weighted by molar-refractivity contribution is 6.25. The van der Waals surface area contributed by atoms with E-state index in [0.29, 0.717) is 11.4 Å². The Morgan fingerprint density at radius 3 is 2.05 bits per heavy atom. The van der Waals surface area contributed by atoms with Crippen LogP contribution in [0.25, 0.3) is 0 Å². The van der Waals surface area contributed by atoms with Gasteiger partial charge in [0.1, 0.15) is 5.76 Å². The van der Waals surface area contributed by atoms with Crippen molar-refractivity contribution in [1.29, 1.82) is 0 Å². The van der Waals surface area contributed by atoms with E-state index in [1.807, 2.05) is 48.5 Å². The number of aliphatic imine (C=N–C) groups is 1. The maximum Gasteiger partial charge on any atom is 0.260 e. The van der Waals surface area contributed by atoms with E-state index in [4.69, 9.17) is 0 Å². The zero-order valence-electron chi connectivity index (χ0n) is 12.6. The molecule has 0 aliphatic carbocycles. The maximum atomic E-state index is 12.4. The molecule has 112 valence electrons. The highest BCUT2D eigenvalue weighted by Crippen LogP contribution is 2.16. The molecular formula is C18H18N2O2. The minimum atomic E-state index is -0.386. The number of carbonyl (C=O) groups is 1. The highest BCUT2D eigenvalue weighted by Gasteiger charge is 2.16. The quantitative estimate of drug-likeness (QED) is 0.503. The summed E-state index contributed by atoms with van der Waals surface area (Å²) in [7, 11) is 0. The van der Waals surface area contributed by atoms with Crippen molar-refractivity contribution in [3.8, 4) is 0 Å². The predicted octanol–water partition coefficient (Wildman–Crippen LogP) is 4.25.